The molecule has 0 bridgehead atoms. The van der Waals surface area contributed by atoms with Crippen molar-refractivity contribution in [2.24, 2.45) is 0 Å². The van der Waals surface area contributed by atoms with Gasteiger partial charge in [-0.25, -0.2) is 0 Å². The number of aromatic nitrogens is 6. The van der Waals surface area contributed by atoms with Gasteiger partial charge < -0.3 is 11.1 Å². The maximum Gasteiger partial charge on any atom is 0.417 e. The van der Waals surface area contributed by atoms with Gasteiger partial charge >= 0.3 is 6.18 Å². The highest BCUT2D eigenvalue weighted by molar-refractivity contribution is 7.98. The zero-order valence-electron chi connectivity index (χ0n) is 15.6. The number of benzene rings is 1. The Labute approximate surface area is 172 Å². The molecule has 0 saturated carbocycles. The molecular formula is C18H15F3N8S. The molecule has 3 aromatic heterocycles. The lowest BCUT2D eigenvalue weighted by Crippen LogP contribution is -2.07. The highest BCUT2D eigenvalue weighted by Gasteiger charge is 2.31. The number of rotatable bonds is 5. The van der Waals surface area contributed by atoms with Crippen LogP contribution in [0.1, 0.15) is 17.0 Å². The van der Waals surface area contributed by atoms with E-state index >= 15 is 0 Å². The number of nitrogens with two attached hydrogens (primary N) is 1. The number of nitrogens with zero attached hydrogens (tertiary/aromatic N) is 6. The molecule has 4 rings (SSSR count). The molecule has 154 valence electrons. The van der Waals surface area contributed by atoms with Crippen LogP contribution in [0.15, 0.2) is 47.8 Å². The van der Waals surface area contributed by atoms with Crippen LogP contribution in [-0.4, -0.2) is 29.5 Å². The standard InChI is InChI=1S/C18H15F3N8S/c1-10-4-2-3-5-12(10)23-16-25-13(24-15(22)26-16)9-30-17-28-27-14-7-6-11(8-29(14)17)18(19,20)21/h2-8H,9H2,1H3,(H3,22,23,24,25,26). The second kappa shape index (κ2) is 7.78. The van der Waals surface area contributed by atoms with Gasteiger partial charge in [-0.15, -0.1) is 10.2 Å². The van der Waals surface area contributed by atoms with Crippen LogP contribution in [0.4, 0.5) is 30.8 Å². The van der Waals surface area contributed by atoms with Crippen LogP contribution in [0.5, 0.6) is 0 Å². The van der Waals surface area contributed by atoms with Crippen LogP contribution in [0.3, 0.4) is 0 Å². The van der Waals surface area contributed by atoms with Crippen molar-refractivity contribution in [3.63, 3.8) is 0 Å². The number of nitrogens with one attached hydrogen (secondary N) is 1. The summed E-state index contributed by atoms with van der Waals surface area (Å²) in [7, 11) is 0. The SMILES string of the molecule is Cc1ccccc1Nc1nc(N)nc(CSc2nnc3ccc(C(F)(F)F)cn23)n1. The number of aryl methyl sites for hydroxylation is 1. The van der Waals surface area contributed by atoms with Crippen molar-refractivity contribution >= 4 is 35.0 Å². The number of fused-ring (bicyclic) bond motifs is 1. The van der Waals surface area contributed by atoms with Crippen molar-refractivity contribution in [1.82, 2.24) is 29.5 Å². The van der Waals surface area contributed by atoms with Gasteiger partial charge in [-0.1, -0.05) is 30.0 Å². The number of alkyl halides is 3. The number of pyridine rings is 1. The van der Waals surface area contributed by atoms with Crippen molar-refractivity contribution in [2.45, 2.75) is 24.0 Å². The Bertz CT molecular complexity index is 1210. The fraction of sp³-hybridized carbons (Fsp3) is 0.167. The smallest absolute Gasteiger partial charge is 0.368 e. The second-order valence-corrected chi connectivity index (χ2v) is 7.23. The summed E-state index contributed by atoms with van der Waals surface area (Å²) in [6, 6.07) is 9.85. The summed E-state index contributed by atoms with van der Waals surface area (Å²) in [4.78, 5) is 12.5. The summed E-state index contributed by atoms with van der Waals surface area (Å²) in [6.45, 7) is 1.94. The van der Waals surface area contributed by atoms with Gasteiger partial charge in [0.05, 0.1) is 11.3 Å². The molecule has 12 heteroatoms. The van der Waals surface area contributed by atoms with E-state index in [1.807, 2.05) is 31.2 Å². The summed E-state index contributed by atoms with van der Waals surface area (Å²) in [5.74, 6) is 0.874. The third-order valence-electron chi connectivity index (χ3n) is 4.12. The van der Waals surface area contributed by atoms with Crippen LogP contribution in [0.2, 0.25) is 0 Å². The zero-order valence-corrected chi connectivity index (χ0v) is 16.4. The monoisotopic (exact) mass is 432 g/mol. The van der Waals surface area contributed by atoms with E-state index in [4.69, 9.17) is 5.73 Å². The Morgan fingerprint density at radius 3 is 2.63 bits per heavy atom. The van der Waals surface area contributed by atoms with E-state index in [9.17, 15) is 13.2 Å². The summed E-state index contributed by atoms with van der Waals surface area (Å²) < 4.78 is 40.3. The van der Waals surface area contributed by atoms with E-state index in [1.54, 1.807) is 0 Å². The highest BCUT2D eigenvalue weighted by atomic mass is 32.2. The average Bonchev–Trinajstić information content (AvgIpc) is 3.09. The molecular weight excluding hydrogens is 417 g/mol. The third kappa shape index (κ3) is 4.27. The second-order valence-electron chi connectivity index (χ2n) is 6.29. The van der Waals surface area contributed by atoms with Gasteiger partial charge in [0.2, 0.25) is 11.9 Å². The molecule has 1 aromatic carbocycles. The fourth-order valence-electron chi connectivity index (χ4n) is 2.66. The van der Waals surface area contributed by atoms with Crippen molar-refractivity contribution in [1.29, 1.82) is 0 Å². The molecule has 0 aliphatic rings. The van der Waals surface area contributed by atoms with E-state index < -0.39 is 11.7 Å². The van der Waals surface area contributed by atoms with E-state index in [0.717, 1.165) is 35.3 Å². The molecule has 0 spiro atoms. The Kier molecular flexibility index (Phi) is 5.16. The van der Waals surface area contributed by atoms with E-state index in [2.05, 4.69) is 30.5 Å². The molecule has 30 heavy (non-hydrogen) atoms. The molecule has 0 atom stereocenters. The first-order valence-electron chi connectivity index (χ1n) is 8.67. The molecule has 3 heterocycles. The van der Waals surface area contributed by atoms with Gasteiger partial charge in [0.15, 0.2) is 10.8 Å². The number of anilines is 3. The summed E-state index contributed by atoms with van der Waals surface area (Å²) in [6.07, 6.45) is -3.50. The minimum absolute atomic E-state index is 0.0298. The van der Waals surface area contributed by atoms with Gasteiger partial charge in [0.1, 0.15) is 5.82 Å². The lowest BCUT2D eigenvalue weighted by Gasteiger charge is -2.09. The van der Waals surface area contributed by atoms with Crippen LogP contribution in [0.25, 0.3) is 5.65 Å². The summed E-state index contributed by atoms with van der Waals surface area (Å²) in [5.41, 5.74) is 7.14. The number of hydrogen-bond acceptors (Lipinski definition) is 8. The largest absolute Gasteiger partial charge is 0.417 e. The molecule has 3 N–H and O–H groups in total. The van der Waals surface area contributed by atoms with Gasteiger partial charge in [-0.2, -0.15) is 28.1 Å². The maximum absolute atomic E-state index is 13.0. The first kappa shape index (κ1) is 19.9. The van der Waals surface area contributed by atoms with E-state index in [1.165, 1.54) is 10.5 Å². The summed E-state index contributed by atoms with van der Waals surface area (Å²) >= 11 is 1.14. The molecule has 0 aliphatic carbocycles. The number of halogens is 3. The highest BCUT2D eigenvalue weighted by Crippen LogP contribution is 2.30. The van der Waals surface area contributed by atoms with E-state index in [0.29, 0.717) is 11.5 Å². The predicted molar refractivity (Wildman–Crippen MR) is 106 cm³/mol. The molecule has 0 fully saturated rings. The minimum Gasteiger partial charge on any atom is -0.368 e. The Morgan fingerprint density at radius 2 is 1.87 bits per heavy atom. The maximum atomic E-state index is 13.0. The zero-order chi connectivity index (χ0) is 21.3. The normalized spacial score (nSPS) is 11.7. The number of nitrogen functional groups attached to an aromatic ring is 1. The van der Waals surface area contributed by atoms with Crippen LogP contribution >= 0.6 is 11.8 Å². The molecule has 0 aliphatic heterocycles. The van der Waals surface area contributed by atoms with Crippen molar-refractivity contribution in [3.8, 4) is 0 Å². The molecule has 0 saturated heterocycles. The van der Waals surface area contributed by atoms with Gasteiger partial charge in [0.25, 0.3) is 0 Å². The average molecular weight is 432 g/mol. The van der Waals surface area contributed by atoms with Gasteiger partial charge in [-0.3, -0.25) is 4.40 Å². The fourth-order valence-corrected chi connectivity index (χ4v) is 3.43. The Balaban J connectivity index is 1.55. The third-order valence-corrected chi connectivity index (χ3v) is 5.06. The lowest BCUT2D eigenvalue weighted by molar-refractivity contribution is -0.137. The molecule has 0 radical (unpaired) electrons. The van der Waals surface area contributed by atoms with Gasteiger partial charge in [0, 0.05) is 11.9 Å². The van der Waals surface area contributed by atoms with Crippen molar-refractivity contribution < 1.29 is 13.2 Å². The summed E-state index contributed by atoms with van der Waals surface area (Å²) in [5, 5.41) is 11.2. The van der Waals surface area contributed by atoms with Crippen molar-refractivity contribution in [3.05, 3.63) is 59.5 Å². The van der Waals surface area contributed by atoms with Crippen LogP contribution in [-0.2, 0) is 11.9 Å². The number of thioether (sulfide) groups is 1. The number of hydrogen-bond donors (Lipinski definition) is 2. The Hall–Kier alpha value is -3.41. The van der Waals surface area contributed by atoms with Crippen LogP contribution < -0.4 is 11.1 Å². The lowest BCUT2D eigenvalue weighted by atomic mass is 10.2. The predicted octanol–water partition coefficient (Wildman–Crippen LogP) is 3.86. The first-order valence-corrected chi connectivity index (χ1v) is 9.66. The molecule has 8 nitrogen and oxygen atoms in total. The number of para-hydroxylation sites is 1. The Morgan fingerprint density at radius 1 is 1.07 bits per heavy atom. The van der Waals surface area contributed by atoms with Gasteiger partial charge in [-0.05, 0) is 30.7 Å². The van der Waals surface area contributed by atoms with E-state index in [-0.39, 0.29) is 22.8 Å². The van der Waals surface area contributed by atoms with Crippen LogP contribution in [0, 0.1) is 6.92 Å². The minimum atomic E-state index is -4.46. The topological polar surface area (TPSA) is 107 Å². The molecule has 0 unspecified atom stereocenters. The quantitative estimate of drug-likeness (QED) is 0.458. The molecule has 0 amide bonds. The molecule has 4 aromatic rings. The van der Waals surface area contributed by atoms with Crippen molar-refractivity contribution in [2.75, 3.05) is 11.1 Å². The first-order chi connectivity index (χ1) is 14.3.